The van der Waals surface area contributed by atoms with Gasteiger partial charge in [-0.25, -0.2) is 8.78 Å². The van der Waals surface area contributed by atoms with Gasteiger partial charge in [-0.2, -0.15) is 9.97 Å². The van der Waals surface area contributed by atoms with Gasteiger partial charge in [-0.05, 0) is 56.0 Å². The minimum atomic E-state index is -0.648. The number of amides is 1. The highest BCUT2D eigenvalue weighted by Gasteiger charge is 2.36. The summed E-state index contributed by atoms with van der Waals surface area (Å²) in [6, 6.07) is 8.63. The summed E-state index contributed by atoms with van der Waals surface area (Å²) in [5.74, 6) is 3.70. The Morgan fingerprint density at radius 1 is 1.13 bits per heavy atom. The summed E-state index contributed by atoms with van der Waals surface area (Å²) < 4.78 is 35.8. The fourth-order valence-electron chi connectivity index (χ4n) is 7.29. The number of carbonyl (C=O) groups excluding carboxylic acids is 1. The number of likely N-dealkylation sites (N-methyl/N-ethyl adjacent to an activating group) is 1. The van der Waals surface area contributed by atoms with Crippen LogP contribution in [-0.4, -0.2) is 71.6 Å². The monoisotopic (exact) mass is 612 g/mol. The van der Waals surface area contributed by atoms with E-state index in [1.165, 1.54) is 32.4 Å². The number of fused-ring (bicyclic) bond motifs is 3. The van der Waals surface area contributed by atoms with Crippen LogP contribution in [0.4, 0.5) is 14.6 Å². The van der Waals surface area contributed by atoms with E-state index in [1.54, 1.807) is 37.4 Å². The molecule has 234 valence electrons. The maximum atomic E-state index is 16.0. The van der Waals surface area contributed by atoms with E-state index in [4.69, 9.17) is 11.2 Å². The molecule has 0 spiro atoms. The molecule has 4 atom stereocenters. The third kappa shape index (κ3) is 5.66. The summed E-state index contributed by atoms with van der Waals surface area (Å²) in [6.45, 7) is 6.76. The third-order valence-electron chi connectivity index (χ3n) is 9.71. The number of hydrogen-bond donors (Lipinski definition) is 1. The molecule has 8 nitrogen and oxygen atoms in total. The zero-order chi connectivity index (χ0) is 31.8. The number of ether oxygens (including phenoxy) is 1. The number of likely N-dealkylation sites (tertiary alicyclic amines) is 1. The smallest absolute Gasteiger partial charge is 0.318 e. The molecule has 1 aliphatic carbocycles. The first-order valence-corrected chi connectivity index (χ1v) is 15.5. The Labute approximate surface area is 262 Å². The number of aromatic nitrogens is 3. The Morgan fingerprint density at radius 3 is 2.53 bits per heavy atom. The number of rotatable bonds is 4. The lowest BCUT2D eigenvalue weighted by Crippen LogP contribution is -2.40. The maximum absolute atomic E-state index is 16.0. The van der Waals surface area contributed by atoms with Gasteiger partial charge in [0.1, 0.15) is 22.8 Å². The van der Waals surface area contributed by atoms with Crippen molar-refractivity contribution in [2.24, 2.45) is 11.8 Å². The summed E-state index contributed by atoms with van der Waals surface area (Å²) >= 11 is 0. The highest BCUT2D eigenvalue weighted by molar-refractivity contribution is 6.02. The molecular weight excluding hydrogens is 574 g/mol. The van der Waals surface area contributed by atoms with E-state index in [0.717, 1.165) is 37.9 Å². The maximum Gasteiger partial charge on any atom is 0.318 e. The summed E-state index contributed by atoms with van der Waals surface area (Å²) in [7, 11) is 3.37. The van der Waals surface area contributed by atoms with Gasteiger partial charge in [0.15, 0.2) is 5.82 Å². The zero-order valence-corrected chi connectivity index (χ0v) is 26.1. The van der Waals surface area contributed by atoms with Crippen molar-refractivity contribution in [1.82, 2.24) is 25.2 Å². The van der Waals surface area contributed by atoms with E-state index in [0.29, 0.717) is 27.5 Å². The van der Waals surface area contributed by atoms with Crippen molar-refractivity contribution < 1.29 is 18.3 Å². The number of nitrogens with zero attached hydrogens (tertiary/aromatic N) is 5. The number of carbonyl (C=O) groups is 1. The highest BCUT2D eigenvalue weighted by Crippen LogP contribution is 2.38. The fourth-order valence-corrected chi connectivity index (χ4v) is 7.29. The van der Waals surface area contributed by atoms with E-state index >= 15 is 4.39 Å². The quantitative estimate of drug-likeness (QED) is 0.302. The predicted molar refractivity (Wildman–Crippen MR) is 172 cm³/mol. The first kappa shape index (κ1) is 30.7. The van der Waals surface area contributed by atoms with Crippen LogP contribution in [0.5, 0.6) is 6.01 Å². The molecule has 0 radical (unpaired) electrons. The van der Waals surface area contributed by atoms with Crippen LogP contribution in [0.2, 0.25) is 0 Å². The lowest BCUT2D eigenvalue weighted by molar-refractivity contribution is -0.128. The average molecular weight is 613 g/mol. The van der Waals surface area contributed by atoms with Crippen molar-refractivity contribution in [3.05, 3.63) is 53.7 Å². The third-order valence-corrected chi connectivity index (χ3v) is 9.71. The van der Waals surface area contributed by atoms with Crippen molar-refractivity contribution in [2.45, 2.75) is 51.6 Å². The average Bonchev–Trinajstić information content (AvgIpc) is 3.78. The van der Waals surface area contributed by atoms with Crippen molar-refractivity contribution >= 4 is 33.4 Å². The molecule has 10 heteroatoms. The number of terminal acetylenes is 1. The molecular formula is C35H38F2N6O2. The molecule has 1 N–H and O–H groups in total. The van der Waals surface area contributed by atoms with E-state index in [9.17, 15) is 9.18 Å². The summed E-state index contributed by atoms with van der Waals surface area (Å²) in [5.41, 5.74) is 0.571. The number of benzene rings is 2. The molecule has 2 aromatic carbocycles. The fraction of sp³-hybridized carbons (Fsp3) is 0.429. The van der Waals surface area contributed by atoms with Crippen LogP contribution in [0, 0.1) is 35.8 Å². The molecule has 3 unspecified atom stereocenters. The number of methoxy groups -OCH3 is 1. The number of nitrogens with one attached hydrogen (secondary N) is 1. The van der Waals surface area contributed by atoms with Crippen LogP contribution in [0.1, 0.15) is 45.1 Å². The zero-order valence-electron chi connectivity index (χ0n) is 26.1. The van der Waals surface area contributed by atoms with Gasteiger partial charge in [-0.15, -0.1) is 6.42 Å². The van der Waals surface area contributed by atoms with E-state index < -0.39 is 11.6 Å². The Balaban J connectivity index is 0.000000272. The van der Waals surface area contributed by atoms with Crippen LogP contribution >= 0.6 is 0 Å². The molecule has 7 rings (SSSR count). The van der Waals surface area contributed by atoms with E-state index in [-0.39, 0.29) is 40.8 Å². The Bertz CT molecular complexity index is 1800. The molecule has 2 aliphatic heterocycles. The summed E-state index contributed by atoms with van der Waals surface area (Å²) in [5, 5.41) is 5.01. The predicted octanol–water partition coefficient (Wildman–Crippen LogP) is 5.56. The lowest BCUT2D eigenvalue weighted by atomic mass is 9.96. The van der Waals surface area contributed by atoms with Crippen molar-refractivity contribution in [3.8, 4) is 29.6 Å². The number of halogens is 2. The minimum absolute atomic E-state index is 0.0328. The lowest BCUT2D eigenvalue weighted by Gasteiger charge is -2.29. The second-order valence-electron chi connectivity index (χ2n) is 12.3. The van der Waals surface area contributed by atoms with Gasteiger partial charge in [0.25, 0.3) is 0 Å². The molecule has 3 aliphatic rings. The Morgan fingerprint density at radius 2 is 1.89 bits per heavy atom. The van der Waals surface area contributed by atoms with Crippen molar-refractivity contribution in [2.75, 3.05) is 38.7 Å². The standard InChI is InChI=1S/C26H23F2N5O.C9H15NO/c1-5-16-19(27)10-9-15-7-6-8-17(21(15)16)23-22(28)24-18(13-30-23)25(32-26(31-24)34-4)33(3)20-11-12-29-14(20)2;1-7(11)10-5-8-3-2-4-9(8)6-10/h1,6-10,13-14,20,29H,11-12H2,2-4H3;8-9H,2-6H2,1H3/t14-,20?;/m1./s1. The SMILES string of the molecule is C#Cc1c(F)ccc2cccc(-c3ncc4c(N(C)C5CCN[C@@H]5C)nc(OC)nc4c3F)c12.CC(=O)N1CC2CCCC2C1. The minimum Gasteiger partial charge on any atom is -0.467 e. The van der Waals surface area contributed by atoms with Gasteiger partial charge in [-0.1, -0.05) is 36.6 Å². The van der Waals surface area contributed by atoms with E-state index in [1.807, 2.05) is 16.8 Å². The molecule has 1 amide bonds. The summed E-state index contributed by atoms with van der Waals surface area (Å²) in [4.78, 5) is 28.3. The van der Waals surface area contributed by atoms with Gasteiger partial charge in [0.05, 0.1) is 18.1 Å². The topological polar surface area (TPSA) is 83.5 Å². The molecule has 4 heterocycles. The molecule has 2 saturated heterocycles. The Hall–Kier alpha value is -4.36. The van der Waals surface area contributed by atoms with Crippen molar-refractivity contribution in [1.29, 1.82) is 0 Å². The summed E-state index contributed by atoms with van der Waals surface area (Å²) in [6.07, 6.45) is 12.2. The second-order valence-corrected chi connectivity index (χ2v) is 12.3. The van der Waals surface area contributed by atoms with Crippen LogP contribution in [0.25, 0.3) is 32.9 Å². The molecule has 0 bridgehead atoms. The largest absolute Gasteiger partial charge is 0.467 e. The first-order valence-electron chi connectivity index (χ1n) is 15.5. The van der Waals surface area contributed by atoms with Gasteiger partial charge in [-0.3, -0.25) is 9.78 Å². The van der Waals surface area contributed by atoms with Gasteiger partial charge in [0, 0.05) is 56.3 Å². The Kier molecular flexibility index (Phi) is 8.56. The second kappa shape index (κ2) is 12.6. The molecule has 1 saturated carbocycles. The van der Waals surface area contributed by atoms with Gasteiger partial charge in [0.2, 0.25) is 5.91 Å². The molecule has 4 aromatic rings. The van der Waals surface area contributed by atoms with Crippen LogP contribution < -0.4 is 15.0 Å². The van der Waals surface area contributed by atoms with Crippen LogP contribution in [0.15, 0.2) is 36.5 Å². The van der Waals surface area contributed by atoms with E-state index in [2.05, 4.69) is 33.1 Å². The molecule has 45 heavy (non-hydrogen) atoms. The molecule has 2 aromatic heterocycles. The van der Waals surface area contributed by atoms with Crippen molar-refractivity contribution in [3.63, 3.8) is 0 Å². The molecule has 3 fully saturated rings. The number of anilines is 1. The van der Waals surface area contributed by atoms with Gasteiger partial charge >= 0.3 is 6.01 Å². The van der Waals surface area contributed by atoms with Crippen LogP contribution in [0.3, 0.4) is 0 Å². The normalized spacial score (nSPS) is 22.2. The van der Waals surface area contributed by atoms with Crippen LogP contribution in [-0.2, 0) is 4.79 Å². The number of pyridine rings is 1. The first-order chi connectivity index (χ1) is 21.7. The highest BCUT2D eigenvalue weighted by atomic mass is 19.1. The number of hydrogen-bond acceptors (Lipinski definition) is 7. The van der Waals surface area contributed by atoms with Gasteiger partial charge < -0.3 is 19.9 Å².